The number of carbonyl (C=O) groups is 2. The van der Waals surface area contributed by atoms with Crippen molar-refractivity contribution in [1.82, 2.24) is 5.43 Å². The molecule has 0 bridgehead atoms. The van der Waals surface area contributed by atoms with Crippen LogP contribution in [0.3, 0.4) is 0 Å². The number of rotatable bonds is 6. The molecule has 0 radical (unpaired) electrons. The molecular formula is C22H17BrN4O5. The van der Waals surface area contributed by atoms with Gasteiger partial charge in [0.05, 0.1) is 11.1 Å². The number of hydrogen-bond donors (Lipinski definition) is 3. The van der Waals surface area contributed by atoms with Crippen molar-refractivity contribution in [2.45, 2.75) is 6.92 Å². The Labute approximate surface area is 191 Å². The highest BCUT2D eigenvalue weighted by atomic mass is 79.9. The number of aromatic hydroxyl groups is 1. The van der Waals surface area contributed by atoms with Crippen LogP contribution in [0.4, 0.5) is 11.4 Å². The average molecular weight is 497 g/mol. The largest absolute Gasteiger partial charge is 0.502 e. The number of hydrogen-bond acceptors (Lipinski definition) is 6. The van der Waals surface area contributed by atoms with Gasteiger partial charge >= 0.3 is 5.69 Å². The summed E-state index contributed by atoms with van der Waals surface area (Å²) in [5.74, 6) is -1.46. The molecule has 0 atom stereocenters. The minimum atomic E-state index is -0.730. The van der Waals surface area contributed by atoms with Gasteiger partial charge in [-0.3, -0.25) is 19.7 Å². The normalized spacial score (nSPS) is 10.7. The van der Waals surface area contributed by atoms with Crippen molar-refractivity contribution < 1.29 is 19.6 Å². The van der Waals surface area contributed by atoms with Crippen LogP contribution in [0.15, 0.2) is 70.2 Å². The molecule has 3 aromatic rings. The van der Waals surface area contributed by atoms with Gasteiger partial charge in [0.15, 0.2) is 0 Å². The SMILES string of the molecule is Cc1ccc(C(=O)Nc2cccc(C(=O)N/N=C/c3cc(Br)cc([N+](=O)[O-])c3O)c2)cc1. The molecule has 0 saturated carbocycles. The first-order valence-electron chi connectivity index (χ1n) is 9.23. The molecule has 9 nitrogen and oxygen atoms in total. The Hall–Kier alpha value is -4.05. The number of amides is 2. The van der Waals surface area contributed by atoms with Gasteiger partial charge in [-0.25, -0.2) is 5.43 Å². The molecule has 0 unspecified atom stereocenters. The Morgan fingerprint density at radius 3 is 2.47 bits per heavy atom. The van der Waals surface area contributed by atoms with Crippen molar-refractivity contribution in [3.63, 3.8) is 0 Å². The van der Waals surface area contributed by atoms with Crippen LogP contribution in [0, 0.1) is 17.0 Å². The third-order valence-electron chi connectivity index (χ3n) is 4.35. The van der Waals surface area contributed by atoms with Crippen LogP contribution in [0.25, 0.3) is 0 Å². The molecule has 2 amide bonds. The minimum Gasteiger partial charge on any atom is -0.502 e. The van der Waals surface area contributed by atoms with Gasteiger partial charge in [-0.1, -0.05) is 39.7 Å². The van der Waals surface area contributed by atoms with Crippen LogP contribution >= 0.6 is 15.9 Å². The van der Waals surface area contributed by atoms with Crippen molar-refractivity contribution in [2.24, 2.45) is 5.10 Å². The molecule has 0 aliphatic carbocycles. The first-order valence-corrected chi connectivity index (χ1v) is 10.0. The number of halogens is 1. The molecule has 0 aromatic heterocycles. The lowest BCUT2D eigenvalue weighted by Gasteiger charge is -2.07. The number of nitrogens with zero attached hydrogens (tertiary/aromatic N) is 2. The molecule has 3 aromatic carbocycles. The standard InChI is InChI=1S/C22H17BrN4O5/c1-13-5-7-14(8-6-13)21(29)25-18-4-2-3-15(10-18)22(30)26-24-12-16-9-17(23)11-19(20(16)28)27(31)32/h2-12,28H,1H3,(H,25,29)(H,26,30)/b24-12+. The molecule has 0 aliphatic rings. The summed E-state index contributed by atoms with van der Waals surface area (Å²) in [7, 11) is 0. The summed E-state index contributed by atoms with van der Waals surface area (Å²) in [6.07, 6.45) is 1.09. The highest BCUT2D eigenvalue weighted by molar-refractivity contribution is 9.10. The molecule has 0 saturated heterocycles. The van der Waals surface area contributed by atoms with Crippen LogP contribution in [0.2, 0.25) is 0 Å². The fourth-order valence-corrected chi connectivity index (χ4v) is 3.18. The second-order valence-corrected chi connectivity index (χ2v) is 7.64. The molecule has 0 aliphatic heterocycles. The van der Waals surface area contributed by atoms with Gasteiger partial charge in [0.2, 0.25) is 5.75 Å². The van der Waals surface area contributed by atoms with Gasteiger partial charge < -0.3 is 10.4 Å². The highest BCUT2D eigenvalue weighted by Gasteiger charge is 2.17. The summed E-state index contributed by atoms with van der Waals surface area (Å²) in [6.45, 7) is 1.92. The van der Waals surface area contributed by atoms with E-state index in [1.54, 1.807) is 24.3 Å². The first kappa shape index (κ1) is 22.6. The van der Waals surface area contributed by atoms with Crippen molar-refractivity contribution in [1.29, 1.82) is 0 Å². The molecule has 162 valence electrons. The molecule has 3 N–H and O–H groups in total. The minimum absolute atomic E-state index is 0.0467. The number of hydrazone groups is 1. The van der Waals surface area contributed by atoms with E-state index in [9.17, 15) is 24.8 Å². The fraction of sp³-hybridized carbons (Fsp3) is 0.0455. The molecule has 10 heteroatoms. The van der Waals surface area contributed by atoms with Crippen molar-refractivity contribution in [3.8, 4) is 5.75 Å². The number of phenolic OH excluding ortho intramolecular Hbond substituents is 1. The Morgan fingerprint density at radius 2 is 1.78 bits per heavy atom. The predicted octanol–water partition coefficient (Wildman–Crippen LogP) is 4.39. The maximum atomic E-state index is 12.4. The molecule has 0 heterocycles. The number of carbonyl (C=O) groups excluding carboxylic acids is 2. The van der Waals surface area contributed by atoms with Gasteiger partial charge in [-0.15, -0.1) is 0 Å². The maximum Gasteiger partial charge on any atom is 0.312 e. The van der Waals surface area contributed by atoms with Gasteiger partial charge in [-0.05, 0) is 43.3 Å². The Balaban J connectivity index is 1.69. The number of aryl methyl sites for hydroxylation is 1. The fourth-order valence-electron chi connectivity index (χ4n) is 2.71. The van der Waals surface area contributed by atoms with E-state index in [1.165, 1.54) is 18.2 Å². The summed E-state index contributed by atoms with van der Waals surface area (Å²) in [5, 5.41) is 27.5. The van der Waals surface area contributed by atoms with Crippen LogP contribution in [0.1, 0.15) is 31.8 Å². The molecule has 32 heavy (non-hydrogen) atoms. The zero-order valence-electron chi connectivity index (χ0n) is 16.7. The van der Waals surface area contributed by atoms with E-state index in [2.05, 4.69) is 31.8 Å². The topological polar surface area (TPSA) is 134 Å². The zero-order chi connectivity index (χ0) is 23.3. The molecule has 0 spiro atoms. The predicted molar refractivity (Wildman–Crippen MR) is 123 cm³/mol. The zero-order valence-corrected chi connectivity index (χ0v) is 18.3. The van der Waals surface area contributed by atoms with Gasteiger partial charge in [0, 0.05) is 32.9 Å². The summed E-state index contributed by atoms with van der Waals surface area (Å²) in [5.41, 5.74) is 4.00. The quantitative estimate of drug-likeness (QED) is 0.264. The third kappa shape index (κ3) is 5.55. The number of nitro groups is 1. The van der Waals surface area contributed by atoms with E-state index in [1.807, 2.05) is 19.1 Å². The summed E-state index contributed by atoms with van der Waals surface area (Å²) >= 11 is 3.12. The number of anilines is 1. The van der Waals surface area contributed by atoms with E-state index in [4.69, 9.17) is 0 Å². The van der Waals surface area contributed by atoms with E-state index < -0.39 is 22.3 Å². The van der Waals surface area contributed by atoms with Crippen molar-refractivity contribution in [3.05, 3.63) is 97.5 Å². The van der Waals surface area contributed by atoms with Crippen LogP contribution in [-0.2, 0) is 0 Å². The summed E-state index contributed by atoms with van der Waals surface area (Å²) in [4.78, 5) is 35.0. The van der Waals surface area contributed by atoms with E-state index in [0.29, 0.717) is 15.7 Å². The summed E-state index contributed by atoms with van der Waals surface area (Å²) < 4.78 is 0.367. The van der Waals surface area contributed by atoms with Crippen LogP contribution in [0.5, 0.6) is 5.75 Å². The number of nitro benzene ring substituents is 1. The smallest absolute Gasteiger partial charge is 0.312 e. The lowest BCUT2D eigenvalue weighted by atomic mass is 10.1. The Kier molecular flexibility index (Phi) is 6.96. The van der Waals surface area contributed by atoms with Gasteiger partial charge in [0.25, 0.3) is 11.8 Å². The van der Waals surface area contributed by atoms with E-state index in [0.717, 1.165) is 17.8 Å². The first-order chi connectivity index (χ1) is 15.2. The lowest BCUT2D eigenvalue weighted by Crippen LogP contribution is -2.18. The van der Waals surface area contributed by atoms with Gasteiger partial charge in [-0.2, -0.15) is 5.10 Å². The van der Waals surface area contributed by atoms with Gasteiger partial charge in [0.1, 0.15) is 0 Å². The van der Waals surface area contributed by atoms with E-state index in [-0.39, 0.29) is 17.0 Å². The van der Waals surface area contributed by atoms with Crippen molar-refractivity contribution >= 4 is 45.3 Å². The number of nitrogens with one attached hydrogen (secondary N) is 2. The van der Waals surface area contributed by atoms with Crippen LogP contribution < -0.4 is 10.7 Å². The highest BCUT2D eigenvalue weighted by Crippen LogP contribution is 2.32. The lowest BCUT2D eigenvalue weighted by molar-refractivity contribution is -0.385. The molecule has 3 rings (SSSR count). The third-order valence-corrected chi connectivity index (χ3v) is 4.80. The second kappa shape index (κ2) is 9.84. The number of benzene rings is 3. The molecule has 0 fully saturated rings. The summed E-state index contributed by atoms with van der Waals surface area (Å²) in [6, 6.07) is 15.9. The van der Waals surface area contributed by atoms with Crippen LogP contribution in [-0.4, -0.2) is 28.1 Å². The number of phenols is 1. The monoisotopic (exact) mass is 496 g/mol. The molecular weight excluding hydrogens is 480 g/mol. The van der Waals surface area contributed by atoms with E-state index >= 15 is 0 Å². The average Bonchev–Trinajstić information content (AvgIpc) is 2.76. The maximum absolute atomic E-state index is 12.4. The second-order valence-electron chi connectivity index (χ2n) is 6.72. The van der Waals surface area contributed by atoms with Crippen molar-refractivity contribution in [2.75, 3.05) is 5.32 Å². The Bertz CT molecular complexity index is 1230. The Morgan fingerprint density at radius 1 is 1.06 bits per heavy atom.